The molecule has 0 radical (unpaired) electrons. The molecule has 1 aliphatic heterocycles. The number of nitrogens with zero attached hydrogens (tertiary/aromatic N) is 3. The Kier molecular flexibility index (Phi) is 3.85. The summed E-state index contributed by atoms with van der Waals surface area (Å²) in [6, 6.07) is 5.64. The molecule has 0 amide bonds. The van der Waals surface area contributed by atoms with Gasteiger partial charge in [-0.3, -0.25) is 10.1 Å². The number of nitro groups is 1. The average molecular weight is 305 g/mol. The summed E-state index contributed by atoms with van der Waals surface area (Å²) in [5.74, 6) is 0.797. The maximum absolute atomic E-state index is 10.8. The highest BCUT2D eigenvalue weighted by molar-refractivity contribution is 7.10. The molecule has 1 unspecified atom stereocenters. The minimum atomic E-state index is -0.419. The minimum Gasteiger partial charge on any atom is -0.369 e. The standard InChI is InChI=1S/C14H15N3O3S/c1-10-7-11(17(18)19)8-15-14(10)16-4-5-20-12(9-16)13-3-2-6-21-13/h2-3,6-8,12H,4-5,9H2,1H3. The first-order valence-corrected chi connectivity index (χ1v) is 7.54. The zero-order valence-corrected chi connectivity index (χ0v) is 12.4. The van der Waals surface area contributed by atoms with Gasteiger partial charge in [-0.1, -0.05) is 6.07 Å². The Labute approximate surface area is 126 Å². The van der Waals surface area contributed by atoms with E-state index in [-0.39, 0.29) is 11.8 Å². The molecule has 2 aromatic heterocycles. The summed E-state index contributed by atoms with van der Waals surface area (Å²) in [6.45, 7) is 3.94. The molecular weight excluding hydrogens is 290 g/mol. The molecule has 0 bridgehead atoms. The Morgan fingerprint density at radius 3 is 3.10 bits per heavy atom. The molecule has 0 aliphatic carbocycles. The number of aromatic nitrogens is 1. The van der Waals surface area contributed by atoms with Crippen molar-refractivity contribution >= 4 is 22.8 Å². The first kappa shape index (κ1) is 14.0. The van der Waals surface area contributed by atoms with Crippen LogP contribution in [0.15, 0.2) is 29.8 Å². The SMILES string of the molecule is Cc1cc([N+](=O)[O-])cnc1N1CCOC(c2cccs2)C1. The molecule has 1 saturated heterocycles. The van der Waals surface area contributed by atoms with Crippen molar-refractivity contribution in [3.8, 4) is 0 Å². The Morgan fingerprint density at radius 1 is 1.57 bits per heavy atom. The summed E-state index contributed by atoms with van der Waals surface area (Å²) in [6.07, 6.45) is 1.35. The van der Waals surface area contributed by atoms with E-state index < -0.39 is 4.92 Å². The van der Waals surface area contributed by atoms with Gasteiger partial charge < -0.3 is 9.64 Å². The molecule has 7 heteroatoms. The topological polar surface area (TPSA) is 68.5 Å². The fraction of sp³-hybridized carbons (Fsp3) is 0.357. The second-order valence-electron chi connectivity index (χ2n) is 4.91. The largest absolute Gasteiger partial charge is 0.369 e. The van der Waals surface area contributed by atoms with E-state index in [2.05, 4.69) is 16.0 Å². The van der Waals surface area contributed by atoms with Gasteiger partial charge in [0.15, 0.2) is 0 Å². The molecule has 3 heterocycles. The highest BCUT2D eigenvalue weighted by Crippen LogP contribution is 2.30. The molecule has 6 nitrogen and oxygen atoms in total. The van der Waals surface area contributed by atoms with Gasteiger partial charge in [-0.15, -0.1) is 11.3 Å². The zero-order chi connectivity index (χ0) is 14.8. The van der Waals surface area contributed by atoms with E-state index in [4.69, 9.17) is 4.74 Å². The molecule has 21 heavy (non-hydrogen) atoms. The summed E-state index contributed by atoms with van der Waals surface area (Å²) >= 11 is 1.68. The van der Waals surface area contributed by atoms with Crippen LogP contribution in [0, 0.1) is 17.0 Å². The van der Waals surface area contributed by atoms with Crippen LogP contribution in [0.25, 0.3) is 0 Å². The molecule has 0 saturated carbocycles. The molecule has 0 spiro atoms. The van der Waals surface area contributed by atoms with Gasteiger partial charge >= 0.3 is 0 Å². The van der Waals surface area contributed by atoms with Crippen molar-refractivity contribution in [2.75, 3.05) is 24.6 Å². The van der Waals surface area contributed by atoms with Gasteiger partial charge in [-0.05, 0) is 23.9 Å². The highest BCUT2D eigenvalue weighted by Gasteiger charge is 2.25. The van der Waals surface area contributed by atoms with Crippen LogP contribution < -0.4 is 4.90 Å². The number of pyridine rings is 1. The van der Waals surface area contributed by atoms with Gasteiger partial charge in [-0.25, -0.2) is 4.98 Å². The lowest BCUT2D eigenvalue weighted by atomic mass is 10.2. The molecule has 2 aromatic rings. The summed E-state index contributed by atoms with van der Waals surface area (Å²) in [4.78, 5) is 18.0. The predicted molar refractivity (Wildman–Crippen MR) is 80.9 cm³/mol. The fourth-order valence-corrected chi connectivity index (χ4v) is 3.24. The Hall–Kier alpha value is -1.99. The van der Waals surface area contributed by atoms with Crippen molar-refractivity contribution in [3.63, 3.8) is 0 Å². The van der Waals surface area contributed by atoms with Crippen LogP contribution in [0.5, 0.6) is 0 Å². The molecule has 0 aromatic carbocycles. The number of morpholine rings is 1. The van der Waals surface area contributed by atoms with Gasteiger partial charge in [0.1, 0.15) is 18.1 Å². The second kappa shape index (κ2) is 5.79. The van der Waals surface area contributed by atoms with Crippen LogP contribution >= 0.6 is 11.3 Å². The van der Waals surface area contributed by atoms with E-state index in [1.807, 2.05) is 18.4 Å². The number of hydrogen-bond donors (Lipinski definition) is 0. The normalized spacial score (nSPS) is 18.7. The Morgan fingerprint density at radius 2 is 2.43 bits per heavy atom. The van der Waals surface area contributed by atoms with Crippen molar-refractivity contribution in [1.29, 1.82) is 0 Å². The number of ether oxygens (including phenoxy) is 1. The van der Waals surface area contributed by atoms with Gasteiger partial charge in [0.25, 0.3) is 5.69 Å². The minimum absolute atomic E-state index is 0.0271. The fourth-order valence-electron chi connectivity index (χ4n) is 2.47. The number of thiophene rings is 1. The maximum atomic E-state index is 10.8. The van der Waals surface area contributed by atoms with E-state index in [1.165, 1.54) is 11.1 Å². The van der Waals surface area contributed by atoms with Crippen molar-refractivity contribution in [1.82, 2.24) is 4.98 Å². The summed E-state index contributed by atoms with van der Waals surface area (Å²) in [7, 11) is 0. The first-order chi connectivity index (χ1) is 10.1. The van der Waals surface area contributed by atoms with E-state index in [0.717, 1.165) is 17.9 Å². The molecule has 0 N–H and O–H groups in total. The second-order valence-corrected chi connectivity index (χ2v) is 5.89. The first-order valence-electron chi connectivity index (χ1n) is 6.66. The highest BCUT2D eigenvalue weighted by atomic mass is 32.1. The molecule has 110 valence electrons. The molecular formula is C14H15N3O3S. The lowest BCUT2D eigenvalue weighted by molar-refractivity contribution is -0.385. The summed E-state index contributed by atoms with van der Waals surface area (Å²) in [5, 5.41) is 12.8. The predicted octanol–water partition coefficient (Wildman–Crippen LogP) is 2.94. The molecule has 3 rings (SSSR count). The monoisotopic (exact) mass is 305 g/mol. The number of aryl methyl sites for hydroxylation is 1. The number of rotatable bonds is 3. The average Bonchev–Trinajstić information content (AvgIpc) is 3.01. The van der Waals surface area contributed by atoms with Crippen LogP contribution in [0.1, 0.15) is 16.5 Å². The lowest BCUT2D eigenvalue weighted by Crippen LogP contribution is -2.39. The Balaban J connectivity index is 1.82. The maximum Gasteiger partial charge on any atom is 0.287 e. The van der Waals surface area contributed by atoms with E-state index in [0.29, 0.717) is 13.2 Å². The lowest BCUT2D eigenvalue weighted by Gasteiger charge is -2.34. The van der Waals surface area contributed by atoms with Crippen LogP contribution in [-0.2, 0) is 4.74 Å². The van der Waals surface area contributed by atoms with E-state index >= 15 is 0 Å². The third-order valence-corrected chi connectivity index (χ3v) is 4.44. The quantitative estimate of drug-likeness (QED) is 0.644. The van der Waals surface area contributed by atoms with Crippen molar-refractivity contribution < 1.29 is 9.66 Å². The third kappa shape index (κ3) is 2.88. The molecule has 1 fully saturated rings. The van der Waals surface area contributed by atoms with E-state index in [9.17, 15) is 10.1 Å². The van der Waals surface area contributed by atoms with Gasteiger partial charge in [0.2, 0.25) is 0 Å². The summed E-state index contributed by atoms with van der Waals surface area (Å²) in [5.41, 5.74) is 0.843. The zero-order valence-electron chi connectivity index (χ0n) is 11.6. The summed E-state index contributed by atoms with van der Waals surface area (Å²) < 4.78 is 5.81. The molecule has 1 aliphatic rings. The van der Waals surface area contributed by atoms with Crippen molar-refractivity contribution in [2.24, 2.45) is 0 Å². The van der Waals surface area contributed by atoms with Crippen LogP contribution in [0.2, 0.25) is 0 Å². The van der Waals surface area contributed by atoms with Crippen LogP contribution in [0.4, 0.5) is 11.5 Å². The third-order valence-electron chi connectivity index (χ3n) is 3.47. The van der Waals surface area contributed by atoms with Crippen molar-refractivity contribution in [3.05, 3.63) is 50.3 Å². The van der Waals surface area contributed by atoms with Crippen LogP contribution in [-0.4, -0.2) is 29.6 Å². The number of anilines is 1. The van der Waals surface area contributed by atoms with E-state index in [1.54, 1.807) is 17.4 Å². The van der Waals surface area contributed by atoms with Gasteiger partial charge in [0.05, 0.1) is 18.1 Å². The van der Waals surface area contributed by atoms with Gasteiger partial charge in [0, 0.05) is 17.5 Å². The van der Waals surface area contributed by atoms with Gasteiger partial charge in [-0.2, -0.15) is 0 Å². The smallest absolute Gasteiger partial charge is 0.287 e. The number of hydrogen-bond acceptors (Lipinski definition) is 6. The van der Waals surface area contributed by atoms with Crippen molar-refractivity contribution in [2.45, 2.75) is 13.0 Å². The molecule has 1 atom stereocenters. The Bertz CT molecular complexity index is 645. The van der Waals surface area contributed by atoms with Crippen LogP contribution in [0.3, 0.4) is 0 Å².